The van der Waals surface area contributed by atoms with E-state index in [2.05, 4.69) is 29.4 Å². The zero-order chi connectivity index (χ0) is 17.8. The Balaban J connectivity index is 1.89. The van der Waals surface area contributed by atoms with Crippen LogP contribution >= 0.6 is 11.8 Å². The summed E-state index contributed by atoms with van der Waals surface area (Å²) >= 11 is 1.95. The second-order valence-corrected chi connectivity index (χ2v) is 7.95. The highest BCUT2D eigenvalue weighted by molar-refractivity contribution is 7.99. The smallest absolute Gasteiger partial charge is 0.252 e. The average Bonchev–Trinajstić information content (AvgIpc) is 2.65. The molecule has 0 spiro atoms. The molecule has 3 rings (SSSR count). The molecule has 1 unspecified atom stereocenters. The molecule has 2 N–H and O–H groups in total. The van der Waals surface area contributed by atoms with Gasteiger partial charge in [0.2, 0.25) is 0 Å². The molecule has 0 bridgehead atoms. The van der Waals surface area contributed by atoms with Crippen molar-refractivity contribution in [2.45, 2.75) is 39.2 Å². The van der Waals surface area contributed by atoms with Gasteiger partial charge < -0.3 is 10.4 Å². The maximum absolute atomic E-state index is 13.0. The molecule has 5 heteroatoms. The molecule has 1 aromatic heterocycles. The first-order valence-corrected chi connectivity index (χ1v) is 10.2. The third kappa shape index (κ3) is 4.15. The Morgan fingerprint density at radius 2 is 2.12 bits per heavy atom. The summed E-state index contributed by atoms with van der Waals surface area (Å²) in [6.45, 7) is 4.00. The van der Waals surface area contributed by atoms with Crippen molar-refractivity contribution in [3.8, 4) is 0 Å². The molecule has 4 nitrogen and oxygen atoms in total. The number of hydrogen-bond donors (Lipinski definition) is 2. The predicted molar refractivity (Wildman–Crippen MR) is 104 cm³/mol. The highest BCUT2D eigenvalue weighted by Gasteiger charge is 2.25. The number of aliphatic hydroxyl groups is 1. The fraction of sp³-hybridized carbons (Fsp3) is 0.500. The van der Waals surface area contributed by atoms with E-state index in [1.54, 1.807) is 0 Å². The van der Waals surface area contributed by atoms with Gasteiger partial charge in [0, 0.05) is 11.1 Å². The molecule has 134 valence electrons. The van der Waals surface area contributed by atoms with E-state index in [-0.39, 0.29) is 18.6 Å². The minimum Gasteiger partial charge on any atom is -0.394 e. The third-order valence-corrected chi connectivity index (χ3v) is 6.05. The summed E-state index contributed by atoms with van der Waals surface area (Å²) in [5.41, 5.74) is 3.52. The number of carbonyl (C=O) groups is 1. The average molecular weight is 359 g/mol. The van der Waals surface area contributed by atoms with Crippen LogP contribution in [0.15, 0.2) is 24.3 Å². The van der Waals surface area contributed by atoms with Crippen molar-refractivity contribution in [2.24, 2.45) is 5.92 Å². The monoisotopic (exact) mass is 358 g/mol. The number of aryl methyl sites for hydroxylation is 2. The zero-order valence-corrected chi connectivity index (χ0v) is 15.7. The molecule has 2 aromatic rings. The maximum Gasteiger partial charge on any atom is 0.252 e. The molecule has 1 aromatic carbocycles. The summed E-state index contributed by atoms with van der Waals surface area (Å²) in [5.74, 6) is 2.46. The number of hydrogen-bond acceptors (Lipinski definition) is 4. The maximum atomic E-state index is 13.0. The van der Waals surface area contributed by atoms with Gasteiger partial charge in [-0.3, -0.25) is 9.78 Å². The second-order valence-electron chi connectivity index (χ2n) is 6.73. The number of nitrogens with one attached hydrogen (secondary N) is 1. The van der Waals surface area contributed by atoms with E-state index in [9.17, 15) is 9.90 Å². The van der Waals surface area contributed by atoms with Gasteiger partial charge in [-0.05, 0) is 67.4 Å². The molecule has 0 aliphatic carbocycles. The third-order valence-electron chi connectivity index (χ3n) is 5.00. The SMILES string of the molecule is CCc1ccc2nc(C)cc(C(=O)NC(CO)C3CCSCC3)c2c1. The summed E-state index contributed by atoms with van der Waals surface area (Å²) in [5, 5.41) is 13.8. The van der Waals surface area contributed by atoms with E-state index in [1.165, 1.54) is 5.56 Å². The van der Waals surface area contributed by atoms with Gasteiger partial charge >= 0.3 is 0 Å². The number of rotatable bonds is 5. The summed E-state index contributed by atoms with van der Waals surface area (Å²) in [4.78, 5) is 17.5. The normalized spacial score (nSPS) is 16.8. The zero-order valence-electron chi connectivity index (χ0n) is 14.9. The summed E-state index contributed by atoms with van der Waals surface area (Å²) in [6, 6.07) is 7.78. The Kier molecular flexibility index (Phi) is 5.97. The summed E-state index contributed by atoms with van der Waals surface area (Å²) in [6.07, 6.45) is 3.02. The first-order chi connectivity index (χ1) is 12.1. The Morgan fingerprint density at radius 3 is 2.80 bits per heavy atom. The van der Waals surface area contributed by atoms with Gasteiger partial charge in [-0.1, -0.05) is 13.0 Å². The van der Waals surface area contributed by atoms with Crippen LogP contribution in [0.25, 0.3) is 10.9 Å². The van der Waals surface area contributed by atoms with Gasteiger partial charge in [0.25, 0.3) is 5.91 Å². The van der Waals surface area contributed by atoms with E-state index >= 15 is 0 Å². The van der Waals surface area contributed by atoms with Crippen LogP contribution in [-0.2, 0) is 6.42 Å². The van der Waals surface area contributed by atoms with E-state index in [4.69, 9.17) is 0 Å². The molecule has 1 atom stereocenters. The van der Waals surface area contributed by atoms with E-state index in [1.807, 2.05) is 30.8 Å². The number of benzene rings is 1. The summed E-state index contributed by atoms with van der Waals surface area (Å²) < 4.78 is 0. The van der Waals surface area contributed by atoms with Crippen molar-refractivity contribution >= 4 is 28.6 Å². The van der Waals surface area contributed by atoms with Crippen LogP contribution in [0.3, 0.4) is 0 Å². The Hall–Kier alpha value is -1.59. The van der Waals surface area contributed by atoms with Gasteiger partial charge in [-0.15, -0.1) is 0 Å². The molecule has 25 heavy (non-hydrogen) atoms. The lowest BCUT2D eigenvalue weighted by molar-refractivity contribution is 0.0886. The number of pyridine rings is 1. The highest BCUT2D eigenvalue weighted by Crippen LogP contribution is 2.26. The molecular formula is C20H26N2O2S. The largest absolute Gasteiger partial charge is 0.394 e. The number of aromatic nitrogens is 1. The number of nitrogens with zero attached hydrogens (tertiary/aromatic N) is 1. The van der Waals surface area contributed by atoms with Crippen LogP contribution in [0.5, 0.6) is 0 Å². The topological polar surface area (TPSA) is 62.2 Å². The van der Waals surface area contributed by atoms with Crippen molar-refractivity contribution in [1.29, 1.82) is 0 Å². The van der Waals surface area contributed by atoms with Crippen LogP contribution in [0.4, 0.5) is 0 Å². The van der Waals surface area contributed by atoms with Gasteiger partial charge in [0.05, 0.1) is 23.7 Å². The molecule has 0 saturated carbocycles. The fourth-order valence-corrected chi connectivity index (χ4v) is 4.63. The lowest BCUT2D eigenvalue weighted by atomic mass is 9.93. The van der Waals surface area contributed by atoms with Crippen molar-refractivity contribution in [2.75, 3.05) is 18.1 Å². The van der Waals surface area contributed by atoms with Gasteiger partial charge in [-0.2, -0.15) is 11.8 Å². The van der Waals surface area contributed by atoms with Crippen molar-refractivity contribution in [3.05, 3.63) is 41.1 Å². The van der Waals surface area contributed by atoms with Crippen LogP contribution in [0.1, 0.15) is 41.4 Å². The molecule has 1 aliphatic rings. The number of amides is 1. The summed E-state index contributed by atoms with van der Waals surface area (Å²) in [7, 11) is 0. The van der Waals surface area contributed by atoms with E-state index < -0.39 is 0 Å². The number of carbonyl (C=O) groups excluding carboxylic acids is 1. The highest BCUT2D eigenvalue weighted by atomic mass is 32.2. The van der Waals surface area contributed by atoms with Crippen molar-refractivity contribution in [1.82, 2.24) is 10.3 Å². The van der Waals surface area contributed by atoms with Gasteiger partial charge in [0.15, 0.2) is 0 Å². The van der Waals surface area contributed by atoms with Crippen molar-refractivity contribution < 1.29 is 9.90 Å². The molecule has 1 fully saturated rings. The van der Waals surface area contributed by atoms with Crippen LogP contribution < -0.4 is 5.32 Å². The molecular weight excluding hydrogens is 332 g/mol. The fourth-order valence-electron chi connectivity index (χ4n) is 3.49. The molecule has 0 radical (unpaired) electrons. The van der Waals surface area contributed by atoms with E-state index in [0.717, 1.165) is 47.4 Å². The van der Waals surface area contributed by atoms with Crippen LogP contribution in [0.2, 0.25) is 0 Å². The minimum atomic E-state index is -0.175. The number of aliphatic hydroxyl groups excluding tert-OH is 1. The first-order valence-electron chi connectivity index (χ1n) is 9.02. The van der Waals surface area contributed by atoms with Crippen molar-refractivity contribution in [3.63, 3.8) is 0 Å². The Morgan fingerprint density at radius 1 is 1.36 bits per heavy atom. The first kappa shape index (κ1) is 18.2. The molecule has 1 aliphatic heterocycles. The van der Waals surface area contributed by atoms with Gasteiger partial charge in [-0.25, -0.2) is 0 Å². The molecule has 1 saturated heterocycles. The Labute approximate surface area is 153 Å². The standard InChI is InChI=1S/C20H26N2O2S/c1-3-14-4-5-18-16(11-14)17(10-13(2)21-18)20(24)22-19(12-23)15-6-8-25-9-7-15/h4-5,10-11,15,19,23H,3,6-9,12H2,1-2H3,(H,22,24). The minimum absolute atomic E-state index is 0.0106. The quantitative estimate of drug-likeness (QED) is 0.860. The molecule has 1 amide bonds. The predicted octanol–water partition coefficient (Wildman–Crippen LogP) is 3.34. The lowest BCUT2D eigenvalue weighted by Crippen LogP contribution is -2.44. The second kappa shape index (κ2) is 8.19. The van der Waals surface area contributed by atoms with E-state index in [0.29, 0.717) is 11.5 Å². The van der Waals surface area contributed by atoms with Crippen LogP contribution in [0, 0.1) is 12.8 Å². The lowest BCUT2D eigenvalue weighted by Gasteiger charge is -2.29. The van der Waals surface area contributed by atoms with Crippen LogP contribution in [-0.4, -0.2) is 40.2 Å². The Bertz CT molecular complexity index is 757. The number of fused-ring (bicyclic) bond motifs is 1. The molecule has 2 heterocycles. The number of thioether (sulfide) groups is 1. The van der Waals surface area contributed by atoms with Gasteiger partial charge in [0.1, 0.15) is 0 Å².